The summed E-state index contributed by atoms with van der Waals surface area (Å²) in [4.78, 5) is 11.0. The van der Waals surface area contributed by atoms with E-state index in [9.17, 15) is 13.2 Å². The van der Waals surface area contributed by atoms with Gasteiger partial charge in [-0.15, -0.1) is 0 Å². The molecule has 6 nitrogen and oxygen atoms in total. The molecule has 0 saturated carbocycles. The Bertz CT molecular complexity index is 482. The van der Waals surface area contributed by atoms with Gasteiger partial charge in [0.25, 0.3) is 0 Å². The molecule has 7 heteroatoms. The Morgan fingerprint density at radius 3 is 2.35 bits per heavy atom. The number of methoxy groups -OCH3 is 1. The van der Waals surface area contributed by atoms with Crippen LogP contribution in [0.15, 0.2) is 29.2 Å². The van der Waals surface area contributed by atoms with Crippen LogP contribution in [0.2, 0.25) is 0 Å². The van der Waals surface area contributed by atoms with Crippen LogP contribution in [0.25, 0.3) is 0 Å². The summed E-state index contributed by atoms with van der Waals surface area (Å²) in [5, 5.41) is 2.80. The molecule has 0 aliphatic rings. The molecule has 0 radical (unpaired) electrons. The molecule has 94 valence electrons. The predicted molar refractivity (Wildman–Crippen MR) is 63.2 cm³/mol. The van der Waals surface area contributed by atoms with Crippen molar-refractivity contribution in [1.29, 1.82) is 0 Å². The maximum absolute atomic E-state index is 11.4. The first-order valence-corrected chi connectivity index (χ1v) is 6.32. The number of sulfonamides is 1. The Balaban J connectivity index is 2.72. The van der Waals surface area contributed by atoms with Gasteiger partial charge in [-0.3, -0.25) is 4.79 Å². The third kappa shape index (κ3) is 3.72. The zero-order chi connectivity index (χ0) is 12.9. The highest BCUT2D eigenvalue weighted by Gasteiger charge is 2.10. The quantitative estimate of drug-likeness (QED) is 0.736. The number of nitrogens with one attached hydrogen (secondary N) is 2. The minimum Gasteiger partial charge on any atom is -0.468 e. The van der Waals surface area contributed by atoms with E-state index < -0.39 is 16.0 Å². The van der Waals surface area contributed by atoms with Crippen molar-refractivity contribution in [2.75, 3.05) is 26.0 Å². The molecule has 1 aromatic rings. The monoisotopic (exact) mass is 258 g/mol. The molecule has 2 N–H and O–H groups in total. The van der Waals surface area contributed by atoms with Crippen molar-refractivity contribution in [2.24, 2.45) is 0 Å². The molecular weight excluding hydrogens is 244 g/mol. The molecule has 0 spiro atoms. The van der Waals surface area contributed by atoms with Gasteiger partial charge in [-0.2, -0.15) is 0 Å². The minimum absolute atomic E-state index is 0.0363. The normalized spacial score (nSPS) is 10.9. The fraction of sp³-hybridized carbons (Fsp3) is 0.300. The maximum Gasteiger partial charge on any atom is 0.325 e. The standard InChI is InChI=1S/C10H14N2O4S/c1-11-17(14,15)9-5-3-8(4-6-9)12-7-10(13)16-2/h3-6,11-12H,7H2,1-2H3. The minimum atomic E-state index is -3.42. The van der Waals surface area contributed by atoms with E-state index in [1.807, 2.05) is 0 Å². The van der Waals surface area contributed by atoms with Crippen LogP contribution in [-0.4, -0.2) is 35.1 Å². The molecule has 0 aliphatic heterocycles. The summed E-state index contributed by atoms with van der Waals surface area (Å²) in [6.45, 7) is 0.0363. The van der Waals surface area contributed by atoms with Gasteiger partial charge in [0.15, 0.2) is 0 Å². The largest absolute Gasteiger partial charge is 0.468 e. The number of carbonyl (C=O) groups is 1. The molecule has 0 fully saturated rings. The van der Waals surface area contributed by atoms with E-state index in [0.717, 1.165) is 0 Å². The highest BCUT2D eigenvalue weighted by Crippen LogP contribution is 2.13. The van der Waals surface area contributed by atoms with Crippen molar-refractivity contribution in [1.82, 2.24) is 4.72 Å². The lowest BCUT2D eigenvalue weighted by Crippen LogP contribution is -2.18. The Morgan fingerprint density at radius 1 is 1.29 bits per heavy atom. The van der Waals surface area contributed by atoms with Gasteiger partial charge in [0.2, 0.25) is 10.0 Å². The smallest absolute Gasteiger partial charge is 0.325 e. The van der Waals surface area contributed by atoms with Crippen LogP contribution in [0, 0.1) is 0 Å². The highest BCUT2D eigenvalue weighted by molar-refractivity contribution is 7.89. The molecule has 0 unspecified atom stereocenters. The number of esters is 1. The molecule has 17 heavy (non-hydrogen) atoms. The second kappa shape index (κ2) is 5.65. The first-order chi connectivity index (χ1) is 7.99. The number of hydrogen-bond acceptors (Lipinski definition) is 5. The van der Waals surface area contributed by atoms with Gasteiger partial charge in [0.05, 0.1) is 12.0 Å². The summed E-state index contributed by atoms with van der Waals surface area (Å²) in [6.07, 6.45) is 0. The van der Waals surface area contributed by atoms with Crippen molar-refractivity contribution < 1.29 is 17.9 Å². The molecule has 1 aromatic carbocycles. The lowest BCUT2D eigenvalue weighted by atomic mass is 10.3. The zero-order valence-electron chi connectivity index (χ0n) is 9.56. The Morgan fingerprint density at radius 2 is 1.88 bits per heavy atom. The number of anilines is 1. The molecular formula is C10H14N2O4S. The van der Waals surface area contributed by atoms with Crippen LogP contribution in [0.5, 0.6) is 0 Å². The lowest BCUT2D eigenvalue weighted by molar-refractivity contribution is -0.138. The summed E-state index contributed by atoms with van der Waals surface area (Å²) < 4.78 is 29.5. The zero-order valence-corrected chi connectivity index (χ0v) is 10.4. The van der Waals surface area contributed by atoms with E-state index in [-0.39, 0.29) is 11.4 Å². The van der Waals surface area contributed by atoms with Crippen molar-refractivity contribution in [3.8, 4) is 0 Å². The van der Waals surface area contributed by atoms with Gasteiger partial charge in [0, 0.05) is 5.69 Å². The number of hydrogen-bond donors (Lipinski definition) is 2. The highest BCUT2D eigenvalue weighted by atomic mass is 32.2. The molecule has 0 bridgehead atoms. The van der Waals surface area contributed by atoms with Crippen LogP contribution in [0.3, 0.4) is 0 Å². The van der Waals surface area contributed by atoms with Crippen molar-refractivity contribution >= 4 is 21.7 Å². The number of benzene rings is 1. The summed E-state index contributed by atoms with van der Waals surface area (Å²) in [5.41, 5.74) is 0.644. The van der Waals surface area contributed by atoms with Gasteiger partial charge in [-0.05, 0) is 31.3 Å². The predicted octanol–water partition coefficient (Wildman–Crippen LogP) is 0.180. The average Bonchev–Trinajstić information content (AvgIpc) is 2.36. The van der Waals surface area contributed by atoms with Crippen LogP contribution >= 0.6 is 0 Å². The molecule has 0 heterocycles. The average molecular weight is 258 g/mol. The first kappa shape index (κ1) is 13.5. The fourth-order valence-corrected chi connectivity index (χ4v) is 1.85. The summed E-state index contributed by atoms with van der Waals surface area (Å²) in [7, 11) is -0.776. The van der Waals surface area contributed by atoms with E-state index in [4.69, 9.17) is 0 Å². The van der Waals surface area contributed by atoms with Crippen molar-refractivity contribution in [2.45, 2.75) is 4.90 Å². The van der Waals surface area contributed by atoms with E-state index in [0.29, 0.717) is 5.69 Å². The van der Waals surface area contributed by atoms with E-state index in [1.54, 1.807) is 12.1 Å². The maximum atomic E-state index is 11.4. The third-order valence-electron chi connectivity index (χ3n) is 2.10. The second-order valence-corrected chi connectivity index (χ2v) is 5.05. The topological polar surface area (TPSA) is 84.5 Å². The Kier molecular flexibility index (Phi) is 4.47. The number of carbonyl (C=O) groups excluding carboxylic acids is 1. The lowest BCUT2D eigenvalue weighted by Gasteiger charge is -2.06. The van der Waals surface area contributed by atoms with Crippen LogP contribution in [0.4, 0.5) is 5.69 Å². The molecule has 1 rings (SSSR count). The van der Waals surface area contributed by atoms with E-state index in [1.165, 1.54) is 26.3 Å². The van der Waals surface area contributed by atoms with Gasteiger partial charge < -0.3 is 10.1 Å². The second-order valence-electron chi connectivity index (χ2n) is 3.16. The van der Waals surface area contributed by atoms with Gasteiger partial charge in [-0.25, -0.2) is 13.1 Å². The molecule has 0 atom stereocenters. The fourth-order valence-electron chi connectivity index (χ4n) is 1.12. The Hall–Kier alpha value is -1.60. The van der Waals surface area contributed by atoms with Gasteiger partial charge >= 0.3 is 5.97 Å². The van der Waals surface area contributed by atoms with Crippen molar-refractivity contribution in [3.05, 3.63) is 24.3 Å². The van der Waals surface area contributed by atoms with Crippen LogP contribution in [-0.2, 0) is 19.6 Å². The van der Waals surface area contributed by atoms with Crippen LogP contribution < -0.4 is 10.0 Å². The Labute approximate surface area is 100 Å². The molecule has 0 amide bonds. The van der Waals surface area contributed by atoms with E-state index in [2.05, 4.69) is 14.8 Å². The summed E-state index contributed by atoms with van der Waals surface area (Å²) in [6, 6.07) is 6.05. The molecule has 0 aromatic heterocycles. The number of rotatable bonds is 5. The van der Waals surface area contributed by atoms with Gasteiger partial charge in [0.1, 0.15) is 6.54 Å². The summed E-state index contributed by atoms with van der Waals surface area (Å²) in [5.74, 6) is -0.392. The molecule has 0 saturated heterocycles. The SMILES string of the molecule is CNS(=O)(=O)c1ccc(NCC(=O)OC)cc1. The van der Waals surface area contributed by atoms with Gasteiger partial charge in [-0.1, -0.05) is 0 Å². The number of ether oxygens (including phenoxy) is 1. The van der Waals surface area contributed by atoms with E-state index >= 15 is 0 Å². The van der Waals surface area contributed by atoms with Crippen molar-refractivity contribution in [3.63, 3.8) is 0 Å². The summed E-state index contributed by atoms with van der Waals surface area (Å²) >= 11 is 0. The molecule has 0 aliphatic carbocycles. The third-order valence-corrected chi connectivity index (χ3v) is 3.53. The first-order valence-electron chi connectivity index (χ1n) is 4.84. The van der Waals surface area contributed by atoms with Crippen LogP contribution in [0.1, 0.15) is 0 Å².